The molecule has 0 saturated heterocycles. The van der Waals surface area contributed by atoms with Gasteiger partial charge in [-0.1, -0.05) is 38.8 Å². The molecule has 1 heterocycles. The molecule has 2 N–H and O–H groups in total. The molecule has 0 bridgehead atoms. The molecule has 0 aromatic heterocycles. The van der Waals surface area contributed by atoms with E-state index < -0.39 is 12.0 Å². The van der Waals surface area contributed by atoms with Crippen LogP contribution in [0.4, 0.5) is 10.5 Å². The lowest BCUT2D eigenvalue weighted by atomic mass is 9.94. The third kappa shape index (κ3) is 6.09. The Bertz CT molecular complexity index is 830. The number of esters is 1. The molecule has 31 heavy (non-hydrogen) atoms. The molecule has 0 spiro atoms. The third-order valence-corrected chi connectivity index (χ3v) is 5.60. The van der Waals surface area contributed by atoms with Crippen LogP contribution in [0.5, 0.6) is 0 Å². The van der Waals surface area contributed by atoms with Crippen molar-refractivity contribution in [3.8, 4) is 0 Å². The van der Waals surface area contributed by atoms with E-state index in [1.54, 1.807) is 40.0 Å². The largest absolute Gasteiger partial charge is 0.459 e. The third-order valence-electron chi connectivity index (χ3n) is 5.60. The summed E-state index contributed by atoms with van der Waals surface area (Å²) in [6.07, 6.45) is 3.51. The molecule has 0 saturated carbocycles. The van der Waals surface area contributed by atoms with Crippen LogP contribution in [-0.4, -0.2) is 36.0 Å². The number of ether oxygens (including phenoxy) is 1. The Labute approximate surface area is 185 Å². The summed E-state index contributed by atoms with van der Waals surface area (Å²) in [4.78, 5) is 39.1. The van der Waals surface area contributed by atoms with Gasteiger partial charge < -0.3 is 20.3 Å². The number of hydrogen-bond acceptors (Lipinski definition) is 4. The van der Waals surface area contributed by atoms with Gasteiger partial charge in [0.25, 0.3) is 0 Å². The second-order valence-electron chi connectivity index (χ2n) is 8.25. The second kappa shape index (κ2) is 11.0. The van der Waals surface area contributed by atoms with Gasteiger partial charge >= 0.3 is 12.0 Å². The summed E-state index contributed by atoms with van der Waals surface area (Å²) in [6.45, 7) is 9.45. The fraction of sp³-hybridized carbons (Fsp3) is 0.542. The van der Waals surface area contributed by atoms with Crippen molar-refractivity contribution in [2.24, 2.45) is 5.92 Å². The number of nitrogens with zero attached hydrogens (tertiary/aromatic N) is 1. The molecule has 0 unspecified atom stereocenters. The lowest BCUT2D eigenvalue weighted by Gasteiger charge is -2.33. The van der Waals surface area contributed by atoms with Crippen LogP contribution in [0.25, 0.3) is 0 Å². The zero-order chi connectivity index (χ0) is 23.1. The smallest absolute Gasteiger partial charge is 0.338 e. The van der Waals surface area contributed by atoms with Crippen LogP contribution >= 0.6 is 0 Å². The van der Waals surface area contributed by atoms with Gasteiger partial charge in [0, 0.05) is 24.4 Å². The molecule has 170 valence electrons. The number of benzene rings is 1. The van der Waals surface area contributed by atoms with Crippen molar-refractivity contribution in [1.82, 2.24) is 10.2 Å². The number of allylic oxidation sites excluding steroid dienone is 1. The van der Waals surface area contributed by atoms with Gasteiger partial charge in [-0.3, -0.25) is 4.79 Å². The van der Waals surface area contributed by atoms with Gasteiger partial charge in [-0.15, -0.1) is 0 Å². The second-order valence-corrected chi connectivity index (χ2v) is 8.25. The molecule has 3 amide bonds. The lowest BCUT2D eigenvalue weighted by Crippen LogP contribution is -2.46. The van der Waals surface area contributed by atoms with Gasteiger partial charge in [-0.2, -0.15) is 0 Å². The van der Waals surface area contributed by atoms with Gasteiger partial charge in [-0.05, 0) is 51.3 Å². The van der Waals surface area contributed by atoms with Crippen LogP contribution in [0.1, 0.15) is 71.9 Å². The Morgan fingerprint density at radius 2 is 1.84 bits per heavy atom. The summed E-state index contributed by atoms with van der Waals surface area (Å²) >= 11 is 0. The van der Waals surface area contributed by atoms with Crippen LogP contribution in [0.15, 0.2) is 35.5 Å². The number of anilines is 1. The summed E-state index contributed by atoms with van der Waals surface area (Å²) in [5.74, 6) is -0.438. The Kier molecular flexibility index (Phi) is 8.65. The lowest BCUT2D eigenvalue weighted by molar-refractivity contribution is -0.143. The Morgan fingerprint density at radius 1 is 1.19 bits per heavy atom. The van der Waals surface area contributed by atoms with Crippen molar-refractivity contribution < 1.29 is 19.1 Å². The molecular weight excluding hydrogens is 394 g/mol. The van der Waals surface area contributed by atoms with Crippen LogP contribution in [-0.2, 0) is 14.3 Å². The number of amides is 3. The van der Waals surface area contributed by atoms with Crippen LogP contribution < -0.4 is 10.6 Å². The van der Waals surface area contributed by atoms with Gasteiger partial charge in [0.05, 0.1) is 17.7 Å². The number of unbranched alkanes of at least 4 members (excludes halogenated alkanes) is 1. The van der Waals surface area contributed by atoms with Crippen molar-refractivity contribution in [2.45, 2.75) is 72.4 Å². The maximum absolute atomic E-state index is 12.7. The summed E-state index contributed by atoms with van der Waals surface area (Å²) in [7, 11) is 1.62. The van der Waals surface area contributed by atoms with Crippen LogP contribution in [0, 0.1) is 5.92 Å². The minimum Gasteiger partial charge on any atom is -0.459 e. The Hall–Kier alpha value is -2.83. The maximum atomic E-state index is 12.7. The van der Waals surface area contributed by atoms with Gasteiger partial charge in [-0.25, -0.2) is 9.59 Å². The van der Waals surface area contributed by atoms with Crippen molar-refractivity contribution in [3.05, 3.63) is 41.1 Å². The fourth-order valence-electron chi connectivity index (χ4n) is 3.60. The summed E-state index contributed by atoms with van der Waals surface area (Å²) in [6, 6.07) is 6.31. The minimum absolute atomic E-state index is 0.00390. The van der Waals surface area contributed by atoms with E-state index >= 15 is 0 Å². The van der Waals surface area contributed by atoms with E-state index in [1.807, 2.05) is 19.1 Å². The molecule has 1 aromatic carbocycles. The predicted molar refractivity (Wildman–Crippen MR) is 121 cm³/mol. The monoisotopic (exact) mass is 429 g/mol. The first kappa shape index (κ1) is 24.4. The van der Waals surface area contributed by atoms with Gasteiger partial charge in [0.1, 0.15) is 0 Å². The summed E-state index contributed by atoms with van der Waals surface area (Å²) < 4.78 is 5.41. The first-order chi connectivity index (χ1) is 14.7. The molecule has 1 aliphatic heterocycles. The molecule has 2 rings (SSSR count). The highest BCUT2D eigenvalue weighted by atomic mass is 16.5. The SMILES string of the molecule is CCCC[C@@H](CC)C(=O)Nc1ccc([C@H]2NC(=O)N(C)C(C)=C2C(=O)OC(C)C)cc1. The topological polar surface area (TPSA) is 87.7 Å². The van der Waals surface area contributed by atoms with E-state index in [-0.39, 0.29) is 24.0 Å². The van der Waals surface area contributed by atoms with E-state index in [2.05, 4.69) is 17.6 Å². The zero-order valence-electron chi connectivity index (χ0n) is 19.5. The van der Waals surface area contributed by atoms with E-state index in [0.717, 1.165) is 31.2 Å². The van der Waals surface area contributed by atoms with Crippen molar-refractivity contribution in [2.75, 3.05) is 12.4 Å². The average Bonchev–Trinajstić information content (AvgIpc) is 2.72. The molecule has 2 atom stereocenters. The molecule has 7 heteroatoms. The number of nitrogens with one attached hydrogen (secondary N) is 2. The van der Waals surface area contributed by atoms with Crippen LogP contribution in [0.2, 0.25) is 0 Å². The summed E-state index contributed by atoms with van der Waals surface area (Å²) in [5, 5.41) is 5.85. The van der Waals surface area contributed by atoms with Gasteiger partial charge in [0.15, 0.2) is 0 Å². The highest BCUT2D eigenvalue weighted by Crippen LogP contribution is 2.31. The Morgan fingerprint density at radius 3 is 2.39 bits per heavy atom. The maximum Gasteiger partial charge on any atom is 0.338 e. The zero-order valence-corrected chi connectivity index (χ0v) is 19.5. The molecule has 0 aliphatic carbocycles. The number of urea groups is 1. The first-order valence-electron chi connectivity index (χ1n) is 11.1. The molecule has 7 nitrogen and oxygen atoms in total. The van der Waals surface area contributed by atoms with Crippen molar-refractivity contribution in [1.29, 1.82) is 0 Å². The van der Waals surface area contributed by atoms with Crippen LogP contribution in [0.3, 0.4) is 0 Å². The minimum atomic E-state index is -0.618. The molecular formula is C24H35N3O4. The van der Waals surface area contributed by atoms with E-state index in [0.29, 0.717) is 17.0 Å². The molecule has 0 radical (unpaired) electrons. The average molecular weight is 430 g/mol. The molecule has 0 fully saturated rings. The van der Waals surface area contributed by atoms with E-state index in [1.165, 1.54) is 4.90 Å². The van der Waals surface area contributed by atoms with Gasteiger partial charge in [0.2, 0.25) is 5.91 Å². The van der Waals surface area contributed by atoms with Crippen molar-refractivity contribution >= 4 is 23.6 Å². The number of hydrogen-bond donors (Lipinski definition) is 2. The molecule has 1 aromatic rings. The number of carbonyl (C=O) groups excluding carboxylic acids is 3. The Balaban J connectivity index is 2.24. The molecule has 1 aliphatic rings. The standard InChI is InChI=1S/C24H35N3O4/c1-7-9-10-17(8-2)22(28)25-19-13-11-18(12-14-19)21-20(23(29)31-15(3)4)16(5)27(6)24(30)26-21/h11-15,17,21H,7-10H2,1-6H3,(H,25,28)(H,26,30)/t17-,21-/m1/s1. The van der Waals surface area contributed by atoms with E-state index in [4.69, 9.17) is 4.74 Å². The fourth-order valence-corrected chi connectivity index (χ4v) is 3.60. The van der Waals surface area contributed by atoms with E-state index in [9.17, 15) is 14.4 Å². The van der Waals surface area contributed by atoms with Crippen molar-refractivity contribution in [3.63, 3.8) is 0 Å². The predicted octanol–water partition coefficient (Wildman–Crippen LogP) is 4.76. The number of rotatable bonds is 9. The first-order valence-corrected chi connectivity index (χ1v) is 11.1. The number of carbonyl (C=O) groups is 3. The normalized spacial score (nSPS) is 17.5. The summed E-state index contributed by atoms with van der Waals surface area (Å²) in [5.41, 5.74) is 2.39. The quantitative estimate of drug-likeness (QED) is 0.554. The highest BCUT2D eigenvalue weighted by molar-refractivity contribution is 5.95. The highest BCUT2D eigenvalue weighted by Gasteiger charge is 2.35.